The van der Waals surface area contributed by atoms with Crippen LogP contribution in [0.2, 0.25) is 0 Å². The Morgan fingerprint density at radius 1 is 1.07 bits per heavy atom. The Labute approximate surface area is 87.3 Å². The molecular weight excluding hydrogens is 174 g/mol. The summed E-state index contributed by atoms with van der Waals surface area (Å²) >= 11 is 0. The van der Waals surface area contributed by atoms with E-state index in [1.807, 2.05) is 0 Å². The minimum atomic E-state index is 0.355. The topological polar surface area (TPSA) is 23.5 Å². The van der Waals surface area contributed by atoms with Crippen molar-refractivity contribution in [2.75, 3.05) is 19.7 Å². The summed E-state index contributed by atoms with van der Waals surface area (Å²) in [4.78, 5) is 2.63. The van der Waals surface area contributed by atoms with E-state index in [1.54, 1.807) is 0 Å². The van der Waals surface area contributed by atoms with Gasteiger partial charge in [0.1, 0.15) is 0 Å². The monoisotopic (exact) mass is 197 g/mol. The number of hydrogen-bond acceptors (Lipinski definition) is 2. The van der Waals surface area contributed by atoms with Crippen LogP contribution in [0.4, 0.5) is 0 Å². The van der Waals surface area contributed by atoms with E-state index in [4.69, 9.17) is 5.11 Å². The fraction of sp³-hybridized carbons (Fsp3) is 1.00. The Morgan fingerprint density at radius 3 is 2.57 bits per heavy atom. The number of hydrogen-bond donors (Lipinski definition) is 1. The minimum Gasteiger partial charge on any atom is -0.396 e. The predicted octanol–water partition coefficient (Wildman–Crippen LogP) is 2.02. The Balaban J connectivity index is 1.82. The van der Waals surface area contributed by atoms with Crippen molar-refractivity contribution in [3.8, 4) is 0 Å². The van der Waals surface area contributed by atoms with Gasteiger partial charge in [0.25, 0.3) is 0 Å². The second kappa shape index (κ2) is 5.13. The molecule has 0 aromatic carbocycles. The van der Waals surface area contributed by atoms with Crippen molar-refractivity contribution in [3.05, 3.63) is 0 Å². The minimum absolute atomic E-state index is 0.355. The van der Waals surface area contributed by atoms with Crippen LogP contribution in [0.1, 0.15) is 44.9 Å². The molecule has 1 saturated carbocycles. The molecule has 0 aromatic heterocycles. The zero-order valence-corrected chi connectivity index (χ0v) is 9.12. The molecule has 0 aromatic rings. The molecule has 2 aliphatic rings. The molecule has 0 bridgehead atoms. The van der Waals surface area contributed by atoms with Gasteiger partial charge < -0.3 is 10.0 Å². The van der Waals surface area contributed by atoms with Gasteiger partial charge in [0, 0.05) is 19.2 Å². The molecule has 1 N–H and O–H groups in total. The van der Waals surface area contributed by atoms with Gasteiger partial charge in [-0.1, -0.05) is 12.8 Å². The number of aliphatic hydroxyl groups is 1. The summed E-state index contributed by atoms with van der Waals surface area (Å²) in [6, 6.07) is 0.865. The van der Waals surface area contributed by atoms with Crippen LogP contribution in [0.3, 0.4) is 0 Å². The summed E-state index contributed by atoms with van der Waals surface area (Å²) < 4.78 is 0. The summed E-state index contributed by atoms with van der Waals surface area (Å²) in [5, 5.41) is 8.85. The number of rotatable bonds is 4. The lowest BCUT2D eigenvalue weighted by atomic mass is 9.96. The van der Waals surface area contributed by atoms with E-state index in [2.05, 4.69) is 4.90 Å². The first-order chi connectivity index (χ1) is 6.92. The highest BCUT2D eigenvalue weighted by molar-refractivity contribution is 4.87. The summed E-state index contributed by atoms with van der Waals surface area (Å²) in [7, 11) is 0. The molecule has 1 aliphatic carbocycles. The van der Waals surface area contributed by atoms with Crippen LogP contribution in [0.5, 0.6) is 0 Å². The molecule has 1 atom stereocenters. The number of nitrogens with zero attached hydrogens (tertiary/aromatic N) is 1. The highest BCUT2D eigenvalue weighted by atomic mass is 16.3. The maximum Gasteiger partial charge on any atom is 0.0443 e. The second-order valence-electron chi connectivity index (χ2n) is 4.87. The maximum atomic E-state index is 8.85. The maximum absolute atomic E-state index is 8.85. The average molecular weight is 197 g/mol. The van der Waals surface area contributed by atoms with E-state index in [0.29, 0.717) is 6.61 Å². The number of likely N-dealkylation sites (tertiary alicyclic amines) is 1. The van der Waals surface area contributed by atoms with Gasteiger partial charge in [0.2, 0.25) is 0 Å². The molecule has 0 amide bonds. The molecule has 2 nitrogen and oxygen atoms in total. The molecule has 1 saturated heterocycles. The van der Waals surface area contributed by atoms with Crippen molar-refractivity contribution in [1.29, 1.82) is 0 Å². The Kier molecular flexibility index (Phi) is 3.82. The van der Waals surface area contributed by atoms with Crippen LogP contribution in [-0.2, 0) is 0 Å². The van der Waals surface area contributed by atoms with Crippen LogP contribution in [0, 0.1) is 5.92 Å². The molecule has 2 rings (SSSR count). The molecule has 0 radical (unpaired) electrons. The molecule has 0 spiro atoms. The number of aliphatic hydroxyl groups excluding tert-OH is 1. The van der Waals surface area contributed by atoms with Crippen LogP contribution >= 0.6 is 0 Å². The van der Waals surface area contributed by atoms with Crippen LogP contribution < -0.4 is 0 Å². The third kappa shape index (κ3) is 2.29. The Bertz CT molecular complexity index is 166. The van der Waals surface area contributed by atoms with E-state index in [9.17, 15) is 0 Å². The normalized spacial score (nSPS) is 30.2. The van der Waals surface area contributed by atoms with Gasteiger partial charge in [0.05, 0.1) is 0 Å². The fourth-order valence-corrected chi connectivity index (χ4v) is 3.28. The molecule has 1 aliphatic heterocycles. The van der Waals surface area contributed by atoms with Crippen molar-refractivity contribution in [3.63, 3.8) is 0 Å². The lowest BCUT2D eigenvalue weighted by Gasteiger charge is -2.29. The molecule has 1 heterocycles. The van der Waals surface area contributed by atoms with Gasteiger partial charge in [-0.3, -0.25) is 0 Å². The van der Waals surface area contributed by atoms with E-state index in [1.165, 1.54) is 45.1 Å². The third-order valence-electron chi connectivity index (χ3n) is 3.96. The summed E-state index contributed by atoms with van der Waals surface area (Å²) in [5.41, 5.74) is 0. The van der Waals surface area contributed by atoms with Crippen LogP contribution in [0.15, 0.2) is 0 Å². The zero-order chi connectivity index (χ0) is 9.80. The SMILES string of the molecule is OCCCN1CCCC1C1CCCC1. The molecule has 2 heteroatoms. The van der Waals surface area contributed by atoms with Crippen molar-refractivity contribution in [1.82, 2.24) is 4.90 Å². The summed E-state index contributed by atoms with van der Waals surface area (Å²) in [5.74, 6) is 0.983. The van der Waals surface area contributed by atoms with Gasteiger partial charge >= 0.3 is 0 Å². The second-order valence-corrected chi connectivity index (χ2v) is 4.87. The molecule has 82 valence electrons. The largest absolute Gasteiger partial charge is 0.396 e. The first kappa shape index (κ1) is 10.4. The summed E-state index contributed by atoms with van der Waals surface area (Å²) in [6.45, 7) is 2.76. The van der Waals surface area contributed by atoms with E-state index >= 15 is 0 Å². The van der Waals surface area contributed by atoms with Crippen molar-refractivity contribution in [2.24, 2.45) is 5.92 Å². The van der Waals surface area contributed by atoms with E-state index in [0.717, 1.165) is 24.9 Å². The Morgan fingerprint density at radius 2 is 1.86 bits per heavy atom. The van der Waals surface area contributed by atoms with Gasteiger partial charge in [-0.15, -0.1) is 0 Å². The summed E-state index contributed by atoms with van der Waals surface area (Å²) in [6.07, 6.45) is 9.58. The zero-order valence-electron chi connectivity index (χ0n) is 9.12. The van der Waals surface area contributed by atoms with Crippen molar-refractivity contribution < 1.29 is 5.11 Å². The van der Waals surface area contributed by atoms with Gasteiger partial charge in [-0.05, 0) is 44.6 Å². The molecule has 14 heavy (non-hydrogen) atoms. The standard InChI is InChI=1S/C12H23NO/c14-10-4-9-13-8-3-7-12(13)11-5-1-2-6-11/h11-12,14H,1-10H2. The van der Waals surface area contributed by atoms with Gasteiger partial charge in [0.15, 0.2) is 0 Å². The van der Waals surface area contributed by atoms with Crippen molar-refractivity contribution in [2.45, 2.75) is 51.0 Å². The Hall–Kier alpha value is -0.0800. The molecular formula is C12H23NO. The lowest BCUT2D eigenvalue weighted by molar-refractivity contribution is 0.171. The first-order valence-corrected chi connectivity index (χ1v) is 6.26. The fourth-order valence-electron chi connectivity index (χ4n) is 3.28. The first-order valence-electron chi connectivity index (χ1n) is 6.26. The van der Waals surface area contributed by atoms with Crippen molar-refractivity contribution >= 4 is 0 Å². The highest BCUT2D eigenvalue weighted by Gasteiger charge is 2.32. The van der Waals surface area contributed by atoms with E-state index < -0.39 is 0 Å². The highest BCUT2D eigenvalue weighted by Crippen LogP contribution is 2.35. The van der Waals surface area contributed by atoms with Crippen LogP contribution in [0.25, 0.3) is 0 Å². The average Bonchev–Trinajstić information content (AvgIpc) is 2.84. The van der Waals surface area contributed by atoms with Crippen LogP contribution in [-0.4, -0.2) is 35.7 Å². The van der Waals surface area contributed by atoms with Gasteiger partial charge in [-0.25, -0.2) is 0 Å². The predicted molar refractivity (Wildman–Crippen MR) is 58.3 cm³/mol. The third-order valence-corrected chi connectivity index (χ3v) is 3.96. The smallest absolute Gasteiger partial charge is 0.0443 e. The van der Waals surface area contributed by atoms with Gasteiger partial charge in [-0.2, -0.15) is 0 Å². The quantitative estimate of drug-likeness (QED) is 0.745. The molecule has 1 unspecified atom stereocenters. The van der Waals surface area contributed by atoms with E-state index in [-0.39, 0.29) is 0 Å². The lowest BCUT2D eigenvalue weighted by Crippen LogP contribution is -2.35. The molecule has 2 fully saturated rings.